The summed E-state index contributed by atoms with van der Waals surface area (Å²) >= 11 is 0. The zero-order chi connectivity index (χ0) is 9.52. The molecule has 1 rings (SSSR count). The molecule has 0 saturated carbocycles. The Morgan fingerprint density at radius 1 is 1.54 bits per heavy atom. The van der Waals surface area contributed by atoms with Gasteiger partial charge in [-0.25, -0.2) is 0 Å². The first-order valence-corrected chi connectivity index (χ1v) is 5.38. The number of nitrogens with one attached hydrogen (secondary N) is 1. The van der Waals surface area contributed by atoms with Crippen molar-refractivity contribution in [3.8, 4) is 0 Å². The molecule has 0 unspecified atom stereocenters. The summed E-state index contributed by atoms with van der Waals surface area (Å²) in [7, 11) is 0. The third kappa shape index (κ3) is 3.77. The molecule has 0 bridgehead atoms. The second-order valence-electron chi connectivity index (χ2n) is 3.83. The first kappa shape index (κ1) is 10.5. The van der Waals surface area contributed by atoms with Gasteiger partial charge in [-0.1, -0.05) is 31.2 Å². The normalized spacial score (nSPS) is 18.4. The summed E-state index contributed by atoms with van der Waals surface area (Å²) in [4.78, 5) is 0. The van der Waals surface area contributed by atoms with Gasteiger partial charge in [-0.15, -0.1) is 0 Å². The molecule has 13 heavy (non-hydrogen) atoms. The van der Waals surface area contributed by atoms with Crippen molar-refractivity contribution >= 4 is 0 Å². The van der Waals surface area contributed by atoms with Crippen molar-refractivity contribution in [1.29, 1.82) is 0 Å². The van der Waals surface area contributed by atoms with Gasteiger partial charge in [0.25, 0.3) is 0 Å². The molecule has 1 aliphatic rings. The van der Waals surface area contributed by atoms with E-state index in [1.807, 2.05) is 6.08 Å². The van der Waals surface area contributed by atoms with Crippen molar-refractivity contribution in [2.75, 3.05) is 13.1 Å². The molecular weight excluding hydrogens is 158 g/mol. The maximum absolute atomic E-state index is 3.73. The summed E-state index contributed by atoms with van der Waals surface area (Å²) in [6, 6.07) is 0. The SMILES string of the molecule is C=C/C=C(/CC)CCCC1CNC1. The Labute approximate surface area is 81.9 Å². The van der Waals surface area contributed by atoms with Gasteiger partial charge in [0.05, 0.1) is 0 Å². The molecule has 0 radical (unpaired) electrons. The smallest absolute Gasteiger partial charge is 0.000825 e. The van der Waals surface area contributed by atoms with Crippen LogP contribution in [0.5, 0.6) is 0 Å². The Bertz CT molecular complexity index is 178. The van der Waals surface area contributed by atoms with Gasteiger partial charge < -0.3 is 5.32 Å². The fourth-order valence-electron chi connectivity index (χ4n) is 1.72. The monoisotopic (exact) mass is 179 g/mol. The molecule has 0 aromatic rings. The third-order valence-electron chi connectivity index (χ3n) is 2.78. The first-order chi connectivity index (χ1) is 6.36. The number of rotatable bonds is 6. The van der Waals surface area contributed by atoms with E-state index < -0.39 is 0 Å². The maximum Gasteiger partial charge on any atom is -0.000825 e. The van der Waals surface area contributed by atoms with E-state index in [9.17, 15) is 0 Å². The van der Waals surface area contributed by atoms with Crippen molar-refractivity contribution in [2.24, 2.45) is 5.92 Å². The highest BCUT2D eigenvalue weighted by atomic mass is 14.9. The molecule has 1 saturated heterocycles. The van der Waals surface area contributed by atoms with Crippen LogP contribution in [0, 0.1) is 5.92 Å². The average molecular weight is 179 g/mol. The molecule has 74 valence electrons. The van der Waals surface area contributed by atoms with Crippen molar-refractivity contribution in [1.82, 2.24) is 5.32 Å². The van der Waals surface area contributed by atoms with E-state index in [4.69, 9.17) is 0 Å². The average Bonchev–Trinajstić information content (AvgIpc) is 2.07. The van der Waals surface area contributed by atoms with Crippen LogP contribution >= 0.6 is 0 Å². The quantitative estimate of drug-likeness (QED) is 0.618. The van der Waals surface area contributed by atoms with Gasteiger partial charge in [0.1, 0.15) is 0 Å². The Morgan fingerprint density at radius 2 is 2.31 bits per heavy atom. The topological polar surface area (TPSA) is 12.0 Å². The molecule has 0 spiro atoms. The van der Waals surface area contributed by atoms with Crippen molar-refractivity contribution in [3.05, 3.63) is 24.3 Å². The third-order valence-corrected chi connectivity index (χ3v) is 2.78. The molecule has 0 aromatic carbocycles. The zero-order valence-corrected chi connectivity index (χ0v) is 8.68. The highest BCUT2D eigenvalue weighted by Crippen LogP contribution is 2.17. The van der Waals surface area contributed by atoms with Crippen LogP contribution in [0.25, 0.3) is 0 Å². The number of hydrogen-bond acceptors (Lipinski definition) is 1. The summed E-state index contributed by atoms with van der Waals surface area (Å²) in [5, 5.41) is 3.31. The minimum atomic E-state index is 0.960. The van der Waals surface area contributed by atoms with Gasteiger partial charge in [0.2, 0.25) is 0 Å². The second-order valence-corrected chi connectivity index (χ2v) is 3.83. The van der Waals surface area contributed by atoms with E-state index in [1.165, 1.54) is 38.8 Å². The van der Waals surface area contributed by atoms with Crippen molar-refractivity contribution < 1.29 is 0 Å². The molecular formula is C12H21N. The lowest BCUT2D eigenvalue weighted by molar-refractivity contribution is 0.320. The molecule has 1 heteroatoms. The molecule has 1 aliphatic heterocycles. The predicted molar refractivity (Wildman–Crippen MR) is 58.8 cm³/mol. The molecule has 0 aromatic heterocycles. The summed E-state index contributed by atoms with van der Waals surface area (Å²) in [6.45, 7) is 8.44. The van der Waals surface area contributed by atoms with Gasteiger partial charge >= 0.3 is 0 Å². The fourth-order valence-corrected chi connectivity index (χ4v) is 1.72. The summed E-state index contributed by atoms with van der Waals surface area (Å²) in [5.74, 6) is 0.960. The van der Waals surface area contributed by atoms with E-state index in [0.717, 1.165) is 5.92 Å². The lowest BCUT2D eigenvalue weighted by Crippen LogP contribution is -2.41. The Hall–Kier alpha value is -0.560. The minimum absolute atomic E-state index is 0.960. The maximum atomic E-state index is 3.73. The van der Waals surface area contributed by atoms with Gasteiger partial charge in [0, 0.05) is 0 Å². The highest BCUT2D eigenvalue weighted by molar-refractivity contribution is 5.09. The van der Waals surface area contributed by atoms with Crippen LogP contribution in [0.4, 0.5) is 0 Å². The molecule has 0 atom stereocenters. The summed E-state index contributed by atoms with van der Waals surface area (Å²) < 4.78 is 0. The van der Waals surface area contributed by atoms with Crippen molar-refractivity contribution in [2.45, 2.75) is 32.6 Å². The largest absolute Gasteiger partial charge is 0.316 e. The van der Waals surface area contributed by atoms with E-state index in [-0.39, 0.29) is 0 Å². The van der Waals surface area contributed by atoms with Crippen LogP contribution in [-0.2, 0) is 0 Å². The van der Waals surface area contributed by atoms with E-state index in [2.05, 4.69) is 24.9 Å². The molecule has 0 aliphatic carbocycles. The van der Waals surface area contributed by atoms with Crippen molar-refractivity contribution in [3.63, 3.8) is 0 Å². The van der Waals surface area contributed by atoms with Gasteiger partial charge in [-0.3, -0.25) is 0 Å². The first-order valence-electron chi connectivity index (χ1n) is 5.38. The van der Waals surface area contributed by atoms with Gasteiger partial charge in [0.15, 0.2) is 0 Å². The van der Waals surface area contributed by atoms with Crippen LogP contribution in [0.2, 0.25) is 0 Å². The predicted octanol–water partition coefficient (Wildman–Crippen LogP) is 2.90. The molecule has 1 N–H and O–H groups in total. The minimum Gasteiger partial charge on any atom is -0.316 e. The Balaban J connectivity index is 2.08. The summed E-state index contributed by atoms with van der Waals surface area (Å²) in [6.07, 6.45) is 9.25. The lowest BCUT2D eigenvalue weighted by Gasteiger charge is -2.26. The van der Waals surface area contributed by atoms with E-state index in [1.54, 1.807) is 5.57 Å². The van der Waals surface area contributed by atoms with E-state index in [0.29, 0.717) is 0 Å². The van der Waals surface area contributed by atoms with Gasteiger partial charge in [-0.05, 0) is 44.7 Å². The summed E-state index contributed by atoms with van der Waals surface area (Å²) in [5.41, 5.74) is 1.54. The number of allylic oxidation sites excluding steroid dienone is 3. The number of hydrogen-bond donors (Lipinski definition) is 1. The molecule has 0 amide bonds. The fraction of sp³-hybridized carbons (Fsp3) is 0.667. The molecule has 1 fully saturated rings. The van der Waals surface area contributed by atoms with Crippen LogP contribution < -0.4 is 5.32 Å². The highest BCUT2D eigenvalue weighted by Gasteiger charge is 2.15. The van der Waals surface area contributed by atoms with Crippen LogP contribution in [0.3, 0.4) is 0 Å². The molecule has 1 nitrogen and oxygen atoms in total. The van der Waals surface area contributed by atoms with Gasteiger partial charge in [-0.2, -0.15) is 0 Å². The standard InChI is InChI=1S/C12H21N/c1-3-6-11(4-2)7-5-8-12-9-13-10-12/h3,6,12-13H,1,4-5,7-10H2,2H3/b11-6-. The lowest BCUT2D eigenvalue weighted by atomic mass is 9.94. The van der Waals surface area contributed by atoms with Crippen LogP contribution in [0.1, 0.15) is 32.6 Å². The van der Waals surface area contributed by atoms with Crippen LogP contribution in [-0.4, -0.2) is 13.1 Å². The second kappa shape index (κ2) is 5.98. The van der Waals surface area contributed by atoms with E-state index >= 15 is 0 Å². The zero-order valence-electron chi connectivity index (χ0n) is 8.68. The molecule has 1 heterocycles. The Kier molecular flexibility index (Phi) is 4.84. The van der Waals surface area contributed by atoms with Crippen LogP contribution in [0.15, 0.2) is 24.3 Å². The Morgan fingerprint density at radius 3 is 2.77 bits per heavy atom.